The molecule has 0 radical (unpaired) electrons. The Morgan fingerprint density at radius 3 is 2.67 bits per heavy atom. The summed E-state index contributed by atoms with van der Waals surface area (Å²) in [6.45, 7) is 1.25. The van der Waals surface area contributed by atoms with Crippen LogP contribution in [0.15, 0.2) is 23.3 Å². The molecule has 0 fully saturated rings. The number of carbonyl (C=O) groups excluding carboxylic acids is 1. The Morgan fingerprint density at radius 1 is 1.48 bits per heavy atom. The van der Waals surface area contributed by atoms with E-state index in [-0.39, 0.29) is 15.7 Å². The third-order valence-electron chi connectivity index (χ3n) is 2.96. The Kier molecular flexibility index (Phi) is 3.63. The van der Waals surface area contributed by atoms with Crippen LogP contribution in [0.1, 0.15) is 23.7 Å². The highest BCUT2D eigenvalue weighted by molar-refractivity contribution is 6.31. The van der Waals surface area contributed by atoms with Crippen molar-refractivity contribution >= 4 is 23.2 Å². The smallest absolute Gasteiger partial charge is 0.438 e. The molecule has 1 aromatic carbocycles. The normalized spacial score (nSPS) is 22.4. The Bertz CT molecular complexity index is 633. The van der Waals surface area contributed by atoms with Gasteiger partial charge in [0.05, 0.1) is 5.56 Å². The predicted molar refractivity (Wildman–Crippen MR) is 68.0 cm³/mol. The molecule has 1 heterocycles. The highest BCUT2D eigenvalue weighted by Crippen LogP contribution is 2.41. The number of amides is 1. The summed E-state index contributed by atoms with van der Waals surface area (Å²) in [6, 6.07) is 3.33. The summed E-state index contributed by atoms with van der Waals surface area (Å²) in [7, 11) is 0. The maximum Gasteiger partial charge on any atom is 0.438 e. The van der Waals surface area contributed by atoms with Gasteiger partial charge < -0.3 is 10.2 Å². The first-order chi connectivity index (χ1) is 9.56. The van der Waals surface area contributed by atoms with Crippen LogP contribution in [-0.2, 0) is 0 Å². The van der Waals surface area contributed by atoms with Crippen molar-refractivity contribution in [2.75, 3.05) is 0 Å². The van der Waals surface area contributed by atoms with Gasteiger partial charge in [0, 0.05) is 17.2 Å². The van der Waals surface area contributed by atoms with Crippen LogP contribution < -0.4 is 0 Å². The lowest BCUT2D eigenvalue weighted by molar-refractivity contribution is -0.297. The Balaban J connectivity index is 2.48. The van der Waals surface area contributed by atoms with Crippen LogP contribution in [0, 0.1) is 0 Å². The zero-order valence-electron chi connectivity index (χ0n) is 10.6. The van der Waals surface area contributed by atoms with Crippen LogP contribution in [0.25, 0.3) is 0 Å². The predicted octanol–water partition coefficient (Wildman–Crippen LogP) is 2.52. The van der Waals surface area contributed by atoms with Crippen LogP contribution in [0.4, 0.5) is 13.2 Å². The van der Waals surface area contributed by atoms with Gasteiger partial charge in [-0.05, 0) is 25.1 Å². The fourth-order valence-electron chi connectivity index (χ4n) is 1.95. The van der Waals surface area contributed by atoms with Gasteiger partial charge in [-0.1, -0.05) is 11.6 Å². The lowest BCUT2D eigenvalue weighted by Crippen LogP contribution is -2.56. The van der Waals surface area contributed by atoms with E-state index in [1.54, 1.807) is 0 Å². The van der Waals surface area contributed by atoms with E-state index in [0.29, 0.717) is 0 Å². The zero-order valence-corrected chi connectivity index (χ0v) is 11.4. The average molecular weight is 323 g/mol. The summed E-state index contributed by atoms with van der Waals surface area (Å²) in [4.78, 5) is 12.2. The third kappa shape index (κ3) is 2.56. The standard InChI is InChI=1S/C12H10ClF3N2O3/c1-6-5-11(21,12(14,15)16)18(17-6)10(20)8-4-7(13)2-3-9(8)19/h2-4,19,21H,5H2,1H3. The Hall–Kier alpha value is -1.80. The highest BCUT2D eigenvalue weighted by atomic mass is 35.5. The van der Waals surface area contributed by atoms with Gasteiger partial charge in [0.1, 0.15) is 5.75 Å². The summed E-state index contributed by atoms with van der Waals surface area (Å²) in [5.41, 5.74) is -3.99. The van der Waals surface area contributed by atoms with Crippen LogP contribution in [0.3, 0.4) is 0 Å². The molecule has 9 heteroatoms. The number of rotatable bonds is 1. The molecule has 114 valence electrons. The van der Waals surface area contributed by atoms with E-state index < -0.39 is 35.5 Å². The molecule has 1 unspecified atom stereocenters. The molecule has 21 heavy (non-hydrogen) atoms. The molecule has 0 spiro atoms. The van der Waals surface area contributed by atoms with Crippen LogP contribution in [0.2, 0.25) is 5.02 Å². The summed E-state index contributed by atoms with van der Waals surface area (Å²) in [5, 5.41) is 22.8. The first kappa shape index (κ1) is 15.6. The number of nitrogens with zero attached hydrogens (tertiary/aromatic N) is 2. The molecule has 1 amide bonds. The summed E-state index contributed by atoms with van der Waals surface area (Å²) in [6.07, 6.45) is -5.96. The number of alkyl halides is 3. The number of benzene rings is 1. The molecule has 5 nitrogen and oxygen atoms in total. The van der Waals surface area contributed by atoms with E-state index in [0.717, 1.165) is 12.1 Å². The van der Waals surface area contributed by atoms with Crippen molar-refractivity contribution in [3.8, 4) is 5.75 Å². The molecule has 2 rings (SSSR count). The van der Waals surface area contributed by atoms with E-state index in [1.807, 2.05) is 0 Å². The number of aromatic hydroxyl groups is 1. The molecule has 0 saturated heterocycles. The van der Waals surface area contributed by atoms with Crippen molar-refractivity contribution in [3.63, 3.8) is 0 Å². The lowest BCUT2D eigenvalue weighted by Gasteiger charge is -2.32. The third-order valence-corrected chi connectivity index (χ3v) is 3.19. The van der Waals surface area contributed by atoms with Gasteiger partial charge in [0.25, 0.3) is 11.6 Å². The van der Waals surface area contributed by atoms with Crippen molar-refractivity contribution < 1.29 is 28.2 Å². The second kappa shape index (κ2) is 4.88. The number of hydrogen-bond acceptors (Lipinski definition) is 4. The molecule has 0 aromatic heterocycles. The van der Waals surface area contributed by atoms with Crippen LogP contribution in [-0.4, -0.2) is 38.7 Å². The van der Waals surface area contributed by atoms with Gasteiger partial charge in [-0.2, -0.15) is 23.3 Å². The van der Waals surface area contributed by atoms with Crippen molar-refractivity contribution in [2.24, 2.45) is 5.10 Å². The number of halogens is 4. The number of carbonyl (C=O) groups is 1. The number of phenols is 1. The maximum absolute atomic E-state index is 13.0. The molecule has 1 aliphatic rings. The Labute approximate surface area is 122 Å². The molecule has 1 aromatic rings. The lowest BCUT2D eigenvalue weighted by atomic mass is 10.1. The monoisotopic (exact) mass is 322 g/mol. The van der Waals surface area contributed by atoms with Gasteiger partial charge in [0.15, 0.2) is 0 Å². The molecular weight excluding hydrogens is 313 g/mol. The van der Waals surface area contributed by atoms with E-state index in [2.05, 4.69) is 5.10 Å². The van der Waals surface area contributed by atoms with Crippen LogP contribution >= 0.6 is 11.6 Å². The average Bonchev–Trinajstić information content (AvgIpc) is 2.67. The molecule has 1 aliphatic heterocycles. The fraction of sp³-hybridized carbons (Fsp3) is 0.333. The number of aliphatic hydroxyl groups is 1. The molecule has 0 saturated carbocycles. The molecule has 0 bridgehead atoms. The molecule has 2 N–H and O–H groups in total. The fourth-order valence-corrected chi connectivity index (χ4v) is 2.12. The van der Waals surface area contributed by atoms with Crippen molar-refractivity contribution in [1.82, 2.24) is 5.01 Å². The van der Waals surface area contributed by atoms with E-state index in [9.17, 15) is 28.2 Å². The first-order valence-electron chi connectivity index (χ1n) is 5.72. The minimum absolute atomic E-state index is 0.0478. The molecule has 1 atom stereocenters. The van der Waals surface area contributed by atoms with Gasteiger partial charge >= 0.3 is 6.18 Å². The van der Waals surface area contributed by atoms with Crippen LogP contribution in [0.5, 0.6) is 5.75 Å². The largest absolute Gasteiger partial charge is 0.507 e. The second-order valence-electron chi connectivity index (χ2n) is 4.60. The molecular formula is C12H10ClF3N2O3. The summed E-state index contributed by atoms with van der Waals surface area (Å²) >= 11 is 5.65. The topological polar surface area (TPSA) is 73.1 Å². The van der Waals surface area contributed by atoms with Gasteiger partial charge in [-0.15, -0.1) is 0 Å². The minimum Gasteiger partial charge on any atom is -0.507 e. The van der Waals surface area contributed by atoms with Gasteiger partial charge in [-0.25, -0.2) is 0 Å². The number of hydrazone groups is 1. The summed E-state index contributed by atoms with van der Waals surface area (Å²) in [5.74, 6) is -1.86. The van der Waals surface area contributed by atoms with Crippen molar-refractivity contribution in [1.29, 1.82) is 0 Å². The highest BCUT2D eigenvalue weighted by Gasteiger charge is 2.62. The number of hydrogen-bond donors (Lipinski definition) is 2. The first-order valence-corrected chi connectivity index (χ1v) is 6.10. The zero-order chi connectivity index (χ0) is 16.0. The maximum atomic E-state index is 13.0. The van der Waals surface area contributed by atoms with E-state index in [1.165, 1.54) is 13.0 Å². The van der Waals surface area contributed by atoms with Gasteiger partial charge in [0.2, 0.25) is 0 Å². The quantitative estimate of drug-likeness (QED) is 0.834. The number of phenolic OH excluding ortho intramolecular Hbond substituents is 1. The SMILES string of the molecule is CC1=NN(C(=O)c2cc(Cl)ccc2O)C(O)(C(F)(F)F)C1. The van der Waals surface area contributed by atoms with E-state index in [4.69, 9.17) is 11.6 Å². The Morgan fingerprint density at radius 2 is 2.10 bits per heavy atom. The second-order valence-corrected chi connectivity index (χ2v) is 5.04. The summed E-state index contributed by atoms with van der Waals surface area (Å²) < 4.78 is 39.1. The van der Waals surface area contributed by atoms with Crippen molar-refractivity contribution in [3.05, 3.63) is 28.8 Å². The minimum atomic E-state index is -5.10. The van der Waals surface area contributed by atoms with E-state index >= 15 is 0 Å². The van der Waals surface area contributed by atoms with Gasteiger partial charge in [-0.3, -0.25) is 4.79 Å². The van der Waals surface area contributed by atoms with Crippen molar-refractivity contribution in [2.45, 2.75) is 25.2 Å². The molecule has 0 aliphatic carbocycles.